The van der Waals surface area contributed by atoms with E-state index < -0.39 is 26.5 Å². The SMILES string of the molecule is CCCCCCCCC/C=C\CCCCCCCC(=O)OC(COC(=O)CCCCCCCCCCCCCCCCCC)COP(=O)(O)OCC. The van der Waals surface area contributed by atoms with Gasteiger partial charge in [-0.3, -0.25) is 18.6 Å². The molecule has 0 aromatic heterocycles. The minimum Gasteiger partial charge on any atom is -0.462 e. The van der Waals surface area contributed by atoms with Crippen molar-refractivity contribution < 1.29 is 37.6 Å². The number of phosphoric ester groups is 1. The number of ether oxygens (including phenoxy) is 2. The molecule has 9 heteroatoms. The molecule has 308 valence electrons. The standard InChI is InChI=1S/C43H83O8P/c1-4-7-9-11-13-15-17-19-21-23-25-27-29-31-33-35-37-42(44)48-39-41(40-50-52(46,47)49-6-3)51-43(45)38-36-34-32-30-28-26-24-22-20-18-16-14-12-10-8-5-2/h22,24,41H,4-21,23,25-40H2,1-3H3,(H,46,47)/b24-22-. The molecule has 0 fully saturated rings. The number of carbonyl (C=O) groups excluding carboxylic acids is 2. The predicted molar refractivity (Wildman–Crippen MR) is 216 cm³/mol. The lowest BCUT2D eigenvalue weighted by atomic mass is 10.0. The summed E-state index contributed by atoms with van der Waals surface area (Å²) in [4.78, 5) is 34.7. The molecule has 0 heterocycles. The number of hydrogen-bond donors (Lipinski definition) is 1. The molecule has 0 aliphatic carbocycles. The van der Waals surface area contributed by atoms with Gasteiger partial charge in [0.1, 0.15) is 6.61 Å². The van der Waals surface area contributed by atoms with Crippen LogP contribution in [0.2, 0.25) is 0 Å². The summed E-state index contributed by atoms with van der Waals surface area (Å²) in [6.07, 6.45) is 41.2. The maximum atomic E-state index is 12.5. The summed E-state index contributed by atoms with van der Waals surface area (Å²) in [5.41, 5.74) is 0. The number of phosphoric acid groups is 1. The van der Waals surface area contributed by atoms with Crippen LogP contribution in [0.4, 0.5) is 0 Å². The van der Waals surface area contributed by atoms with Gasteiger partial charge in [-0.1, -0.05) is 180 Å². The first kappa shape index (κ1) is 50.8. The van der Waals surface area contributed by atoms with E-state index in [-0.39, 0.29) is 25.6 Å². The topological polar surface area (TPSA) is 108 Å². The second kappa shape index (κ2) is 39.5. The van der Waals surface area contributed by atoms with Crippen molar-refractivity contribution in [2.24, 2.45) is 0 Å². The Balaban J connectivity index is 4.06. The van der Waals surface area contributed by atoms with E-state index in [0.717, 1.165) is 51.4 Å². The average molecular weight is 759 g/mol. The first-order valence-electron chi connectivity index (χ1n) is 22.0. The fraction of sp³-hybridized carbons (Fsp3) is 0.907. The minimum absolute atomic E-state index is 0.00205. The van der Waals surface area contributed by atoms with E-state index in [1.165, 1.54) is 135 Å². The van der Waals surface area contributed by atoms with E-state index in [2.05, 4.69) is 26.0 Å². The molecule has 0 aromatic rings. The smallest absolute Gasteiger partial charge is 0.462 e. The third kappa shape index (κ3) is 38.5. The maximum absolute atomic E-state index is 12.5. The number of carbonyl (C=O) groups is 2. The molecule has 2 unspecified atom stereocenters. The molecule has 0 spiro atoms. The van der Waals surface area contributed by atoms with E-state index in [4.69, 9.17) is 18.5 Å². The van der Waals surface area contributed by atoms with E-state index in [1.54, 1.807) is 6.92 Å². The fourth-order valence-electron chi connectivity index (χ4n) is 6.33. The van der Waals surface area contributed by atoms with Gasteiger partial charge in [0.2, 0.25) is 0 Å². The number of esters is 2. The first-order chi connectivity index (χ1) is 25.3. The summed E-state index contributed by atoms with van der Waals surface area (Å²) in [5, 5.41) is 0. The van der Waals surface area contributed by atoms with Crippen molar-refractivity contribution in [2.75, 3.05) is 19.8 Å². The molecule has 0 saturated carbocycles. The summed E-state index contributed by atoms with van der Waals surface area (Å²) in [5.74, 6) is -0.795. The Morgan fingerprint density at radius 2 is 0.865 bits per heavy atom. The highest BCUT2D eigenvalue weighted by molar-refractivity contribution is 7.47. The van der Waals surface area contributed by atoms with Gasteiger partial charge in [0.05, 0.1) is 13.2 Å². The van der Waals surface area contributed by atoms with E-state index in [1.807, 2.05) is 0 Å². The molecule has 0 rings (SSSR count). The molecule has 0 saturated heterocycles. The van der Waals surface area contributed by atoms with Gasteiger partial charge < -0.3 is 14.4 Å². The summed E-state index contributed by atoms with van der Waals surface area (Å²) in [6, 6.07) is 0. The van der Waals surface area contributed by atoms with Crippen molar-refractivity contribution in [1.29, 1.82) is 0 Å². The van der Waals surface area contributed by atoms with Gasteiger partial charge in [0, 0.05) is 12.8 Å². The summed E-state index contributed by atoms with van der Waals surface area (Å²) in [7, 11) is -4.28. The van der Waals surface area contributed by atoms with Crippen molar-refractivity contribution >= 4 is 19.8 Å². The highest BCUT2D eigenvalue weighted by atomic mass is 31.2. The third-order valence-electron chi connectivity index (χ3n) is 9.57. The molecule has 0 aromatic carbocycles. The van der Waals surface area contributed by atoms with Crippen LogP contribution in [0.3, 0.4) is 0 Å². The normalized spacial score (nSPS) is 13.4. The zero-order valence-electron chi connectivity index (χ0n) is 34.2. The maximum Gasteiger partial charge on any atom is 0.472 e. The van der Waals surface area contributed by atoms with Gasteiger partial charge in [0.25, 0.3) is 0 Å². The fourth-order valence-corrected chi connectivity index (χ4v) is 7.09. The van der Waals surface area contributed by atoms with Crippen LogP contribution in [0, 0.1) is 0 Å². The number of rotatable bonds is 41. The molecule has 8 nitrogen and oxygen atoms in total. The van der Waals surface area contributed by atoms with Crippen molar-refractivity contribution in [2.45, 2.75) is 232 Å². The Morgan fingerprint density at radius 3 is 1.27 bits per heavy atom. The summed E-state index contributed by atoms with van der Waals surface area (Å²) < 4.78 is 32.6. The molecule has 0 amide bonds. The van der Waals surface area contributed by atoms with Crippen LogP contribution in [0.1, 0.15) is 226 Å². The third-order valence-corrected chi connectivity index (χ3v) is 10.6. The molecule has 0 aliphatic rings. The molecular weight excluding hydrogens is 675 g/mol. The Kier molecular flexibility index (Phi) is 38.6. The van der Waals surface area contributed by atoms with Crippen molar-refractivity contribution in [1.82, 2.24) is 0 Å². The van der Waals surface area contributed by atoms with Crippen LogP contribution in [0.25, 0.3) is 0 Å². The van der Waals surface area contributed by atoms with Gasteiger partial charge in [-0.2, -0.15) is 0 Å². The number of unbranched alkanes of at least 4 members (excludes halogenated alkanes) is 27. The average Bonchev–Trinajstić information content (AvgIpc) is 3.12. The van der Waals surface area contributed by atoms with Gasteiger partial charge in [0.15, 0.2) is 6.10 Å². The predicted octanol–water partition coefficient (Wildman–Crippen LogP) is 13.7. The number of allylic oxidation sites excluding steroid dienone is 2. The van der Waals surface area contributed by atoms with Crippen LogP contribution in [0.5, 0.6) is 0 Å². The van der Waals surface area contributed by atoms with E-state index in [0.29, 0.717) is 12.8 Å². The Hall–Kier alpha value is -1.21. The highest BCUT2D eigenvalue weighted by Gasteiger charge is 2.25. The van der Waals surface area contributed by atoms with Crippen LogP contribution >= 0.6 is 7.82 Å². The monoisotopic (exact) mass is 759 g/mol. The van der Waals surface area contributed by atoms with E-state index >= 15 is 0 Å². The molecule has 0 radical (unpaired) electrons. The molecule has 0 aliphatic heterocycles. The van der Waals surface area contributed by atoms with Gasteiger partial charge in [-0.05, 0) is 45.4 Å². The first-order valence-corrected chi connectivity index (χ1v) is 23.5. The minimum atomic E-state index is -4.28. The molecule has 52 heavy (non-hydrogen) atoms. The molecule has 1 N–H and O–H groups in total. The van der Waals surface area contributed by atoms with Crippen molar-refractivity contribution in [3.63, 3.8) is 0 Å². The largest absolute Gasteiger partial charge is 0.472 e. The lowest BCUT2D eigenvalue weighted by molar-refractivity contribution is -0.161. The zero-order valence-corrected chi connectivity index (χ0v) is 35.1. The van der Waals surface area contributed by atoms with Crippen molar-refractivity contribution in [3.05, 3.63) is 12.2 Å². The van der Waals surface area contributed by atoms with Crippen LogP contribution < -0.4 is 0 Å². The lowest BCUT2D eigenvalue weighted by Gasteiger charge is -2.19. The summed E-state index contributed by atoms with van der Waals surface area (Å²) in [6.45, 7) is 5.49. The quantitative estimate of drug-likeness (QED) is 0.0284. The van der Waals surface area contributed by atoms with Crippen LogP contribution in [-0.4, -0.2) is 42.8 Å². The van der Waals surface area contributed by atoms with Gasteiger partial charge >= 0.3 is 19.8 Å². The van der Waals surface area contributed by atoms with E-state index in [9.17, 15) is 19.0 Å². The Labute approximate surface area is 320 Å². The molecule has 2 atom stereocenters. The second-order valence-corrected chi connectivity index (χ2v) is 16.2. The second-order valence-electron chi connectivity index (χ2n) is 14.7. The van der Waals surface area contributed by atoms with Crippen LogP contribution in [0.15, 0.2) is 12.2 Å². The van der Waals surface area contributed by atoms with Crippen LogP contribution in [-0.2, 0) is 32.7 Å². The Bertz CT molecular complexity index is 864. The van der Waals surface area contributed by atoms with Gasteiger partial charge in [-0.25, -0.2) is 4.57 Å². The summed E-state index contributed by atoms with van der Waals surface area (Å²) >= 11 is 0. The van der Waals surface area contributed by atoms with Crippen molar-refractivity contribution in [3.8, 4) is 0 Å². The van der Waals surface area contributed by atoms with Gasteiger partial charge in [-0.15, -0.1) is 0 Å². The highest BCUT2D eigenvalue weighted by Crippen LogP contribution is 2.43. The lowest BCUT2D eigenvalue weighted by Crippen LogP contribution is -2.29. The zero-order chi connectivity index (χ0) is 38.2. The molecular formula is C43H83O8P. The molecule has 0 bridgehead atoms. The number of hydrogen-bond acceptors (Lipinski definition) is 7. The Morgan fingerprint density at radius 1 is 0.500 bits per heavy atom.